The zero-order chi connectivity index (χ0) is 23.0. The van der Waals surface area contributed by atoms with Gasteiger partial charge in [-0.2, -0.15) is 0 Å². The number of hydrogen-bond acceptors (Lipinski definition) is 10. The van der Waals surface area contributed by atoms with Gasteiger partial charge in [0.1, 0.15) is 5.75 Å². The normalized spacial score (nSPS) is 16.4. The third kappa shape index (κ3) is 5.52. The third-order valence-electron chi connectivity index (χ3n) is 5.81. The molecule has 0 aliphatic carbocycles. The maximum absolute atomic E-state index is 6.27. The average Bonchev–Trinajstić information content (AvgIpc) is 2.91. The van der Waals surface area contributed by atoms with Gasteiger partial charge in [0.25, 0.3) is 11.8 Å². The molecule has 4 heterocycles. The summed E-state index contributed by atoms with van der Waals surface area (Å²) in [4.78, 5) is 23.0. The second-order valence-electron chi connectivity index (χ2n) is 8.16. The highest BCUT2D eigenvalue weighted by Gasteiger charge is 2.23. The standard InChI is InChI=1S/C24H30N8O2/c1-2-4-20(5-3-1)33-17-6-19-18-29-24(22(30-19)32-15-11-26-12-16-32)34-23-21(27-7-8-28-23)31-13-9-25-10-14-31/h1-5,7-8,18,25-26H,6,9-17H2. The minimum Gasteiger partial charge on any atom is -0.493 e. The largest absolute Gasteiger partial charge is 0.493 e. The molecule has 5 rings (SSSR count). The molecule has 1 aromatic carbocycles. The molecule has 0 amide bonds. The summed E-state index contributed by atoms with van der Waals surface area (Å²) in [6.07, 6.45) is 5.76. The lowest BCUT2D eigenvalue weighted by atomic mass is 10.3. The van der Waals surface area contributed by atoms with Crippen LogP contribution in [0.5, 0.6) is 17.5 Å². The van der Waals surface area contributed by atoms with Gasteiger partial charge in [-0.3, -0.25) is 0 Å². The summed E-state index contributed by atoms with van der Waals surface area (Å²) < 4.78 is 12.1. The lowest BCUT2D eigenvalue weighted by Gasteiger charge is -2.30. The Balaban J connectivity index is 1.36. The van der Waals surface area contributed by atoms with Crippen LogP contribution >= 0.6 is 0 Å². The molecule has 2 aromatic heterocycles. The fraction of sp³-hybridized carbons (Fsp3) is 0.417. The van der Waals surface area contributed by atoms with Crippen LogP contribution in [0, 0.1) is 0 Å². The molecule has 0 spiro atoms. The molecule has 2 saturated heterocycles. The van der Waals surface area contributed by atoms with Gasteiger partial charge in [0.05, 0.1) is 18.5 Å². The first-order valence-electron chi connectivity index (χ1n) is 11.8. The molecule has 2 aliphatic heterocycles. The van der Waals surface area contributed by atoms with Crippen molar-refractivity contribution in [2.75, 3.05) is 68.8 Å². The van der Waals surface area contributed by atoms with E-state index in [-0.39, 0.29) is 0 Å². The van der Waals surface area contributed by atoms with E-state index in [0.29, 0.717) is 24.8 Å². The Hall–Kier alpha value is -3.50. The predicted octanol–water partition coefficient (Wildman–Crippen LogP) is 1.50. The summed E-state index contributed by atoms with van der Waals surface area (Å²) in [5, 5.41) is 6.75. The van der Waals surface area contributed by atoms with E-state index >= 15 is 0 Å². The lowest BCUT2D eigenvalue weighted by Crippen LogP contribution is -2.44. The predicted molar refractivity (Wildman–Crippen MR) is 130 cm³/mol. The van der Waals surface area contributed by atoms with E-state index in [1.165, 1.54) is 0 Å². The molecule has 2 N–H and O–H groups in total. The Labute approximate surface area is 199 Å². The van der Waals surface area contributed by atoms with Crippen LogP contribution in [0.4, 0.5) is 11.6 Å². The van der Waals surface area contributed by atoms with Crippen molar-refractivity contribution in [3.63, 3.8) is 0 Å². The van der Waals surface area contributed by atoms with Gasteiger partial charge in [0.15, 0.2) is 11.6 Å². The van der Waals surface area contributed by atoms with Crippen LogP contribution < -0.4 is 29.9 Å². The highest BCUT2D eigenvalue weighted by atomic mass is 16.5. The summed E-state index contributed by atoms with van der Waals surface area (Å²) in [6.45, 7) is 7.48. The maximum atomic E-state index is 6.27. The number of aromatic nitrogens is 4. The quantitative estimate of drug-likeness (QED) is 0.512. The van der Waals surface area contributed by atoms with Crippen LogP contribution in [-0.4, -0.2) is 78.9 Å². The van der Waals surface area contributed by atoms with Crippen molar-refractivity contribution in [3.05, 3.63) is 54.6 Å². The molecule has 2 aliphatic rings. The summed E-state index contributed by atoms with van der Waals surface area (Å²) in [5.41, 5.74) is 0.860. The summed E-state index contributed by atoms with van der Waals surface area (Å²) >= 11 is 0. The second kappa shape index (κ2) is 11.1. The molecule has 3 aromatic rings. The number of anilines is 2. The number of nitrogens with zero attached hydrogens (tertiary/aromatic N) is 6. The second-order valence-corrected chi connectivity index (χ2v) is 8.16. The Morgan fingerprint density at radius 3 is 2.15 bits per heavy atom. The van der Waals surface area contributed by atoms with Crippen LogP contribution in [0.15, 0.2) is 48.9 Å². The van der Waals surface area contributed by atoms with Gasteiger partial charge in [0, 0.05) is 71.2 Å². The molecule has 0 saturated carbocycles. The monoisotopic (exact) mass is 462 g/mol. The number of piperazine rings is 2. The number of para-hydroxylation sites is 1. The number of benzene rings is 1. The first-order valence-corrected chi connectivity index (χ1v) is 11.8. The van der Waals surface area contributed by atoms with Gasteiger partial charge in [-0.25, -0.2) is 19.9 Å². The Kier molecular flexibility index (Phi) is 7.27. The summed E-state index contributed by atoms with van der Waals surface area (Å²) in [5.74, 6) is 3.22. The fourth-order valence-corrected chi connectivity index (χ4v) is 4.04. The lowest BCUT2D eigenvalue weighted by molar-refractivity contribution is 0.320. The Bertz CT molecular complexity index is 1060. The van der Waals surface area contributed by atoms with E-state index in [2.05, 4.69) is 35.4 Å². The van der Waals surface area contributed by atoms with Crippen molar-refractivity contribution in [1.29, 1.82) is 0 Å². The number of ether oxygens (including phenoxy) is 2. The van der Waals surface area contributed by atoms with Gasteiger partial charge < -0.3 is 29.9 Å². The van der Waals surface area contributed by atoms with Crippen molar-refractivity contribution < 1.29 is 9.47 Å². The summed E-state index contributed by atoms with van der Waals surface area (Å²) in [6, 6.07) is 9.80. The molecule has 34 heavy (non-hydrogen) atoms. The van der Waals surface area contributed by atoms with Crippen molar-refractivity contribution in [3.8, 4) is 17.5 Å². The molecule has 10 nitrogen and oxygen atoms in total. The Morgan fingerprint density at radius 1 is 0.765 bits per heavy atom. The van der Waals surface area contributed by atoms with Crippen LogP contribution in [0.3, 0.4) is 0 Å². The number of hydrogen-bond donors (Lipinski definition) is 2. The van der Waals surface area contributed by atoms with E-state index in [1.54, 1.807) is 18.6 Å². The van der Waals surface area contributed by atoms with Crippen LogP contribution in [0.25, 0.3) is 0 Å². The number of nitrogens with one attached hydrogen (secondary N) is 2. The van der Waals surface area contributed by atoms with E-state index in [0.717, 1.165) is 75.4 Å². The van der Waals surface area contributed by atoms with E-state index in [4.69, 9.17) is 14.5 Å². The van der Waals surface area contributed by atoms with E-state index < -0.39 is 0 Å². The van der Waals surface area contributed by atoms with Crippen molar-refractivity contribution in [1.82, 2.24) is 30.6 Å². The van der Waals surface area contributed by atoms with Crippen molar-refractivity contribution in [2.24, 2.45) is 0 Å². The average molecular weight is 463 g/mol. The molecule has 0 unspecified atom stereocenters. The highest BCUT2D eigenvalue weighted by Crippen LogP contribution is 2.32. The molecular formula is C24H30N8O2. The molecule has 178 valence electrons. The zero-order valence-electron chi connectivity index (χ0n) is 19.2. The van der Waals surface area contributed by atoms with Crippen molar-refractivity contribution >= 4 is 11.6 Å². The first-order chi connectivity index (χ1) is 16.9. The first kappa shape index (κ1) is 22.3. The van der Waals surface area contributed by atoms with E-state index in [9.17, 15) is 0 Å². The van der Waals surface area contributed by atoms with Crippen molar-refractivity contribution in [2.45, 2.75) is 6.42 Å². The maximum Gasteiger partial charge on any atom is 0.264 e. The van der Waals surface area contributed by atoms with Gasteiger partial charge in [0.2, 0.25) is 0 Å². The fourth-order valence-electron chi connectivity index (χ4n) is 4.04. The molecule has 10 heteroatoms. The van der Waals surface area contributed by atoms with Crippen LogP contribution in [0.2, 0.25) is 0 Å². The van der Waals surface area contributed by atoms with Gasteiger partial charge >= 0.3 is 0 Å². The molecule has 0 radical (unpaired) electrons. The van der Waals surface area contributed by atoms with Crippen LogP contribution in [-0.2, 0) is 6.42 Å². The summed E-state index contributed by atoms with van der Waals surface area (Å²) in [7, 11) is 0. The van der Waals surface area contributed by atoms with Crippen LogP contribution in [0.1, 0.15) is 5.69 Å². The van der Waals surface area contributed by atoms with Gasteiger partial charge in [-0.15, -0.1) is 0 Å². The van der Waals surface area contributed by atoms with Gasteiger partial charge in [-0.1, -0.05) is 18.2 Å². The van der Waals surface area contributed by atoms with Gasteiger partial charge in [-0.05, 0) is 12.1 Å². The molecule has 0 atom stereocenters. The zero-order valence-corrected chi connectivity index (χ0v) is 19.2. The molecule has 2 fully saturated rings. The molecular weight excluding hydrogens is 432 g/mol. The minimum atomic E-state index is 0.450. The smallest absolute Gasteiger partial charge is 0.264 e. The number of rotatable bonds is 8. The third-order valence-corrected chi connectivity index (χ3v) is 5.81. The highest BCUT2D eigenvalue weighted by molar-refractivity contribution is 5.54. The molecule has 0 bridgehead atoms. The minimum absolute atomic E-state index is 0.450. The SMILES string of the molecule is c1ccc(OCCc2cnc(Oc3nccnc3N3CCNCC3)c(N3CCNCC3)n2)cc1. The van der Waals surface area contributed by atoms with E-state index in [1.807, 2.05) is 30.3 Å². The topological polar surface area (TPSA) is 101 Å². The Morgan fingerprint density at radius 2 is 1.41 bits per heavy atom.